The Morgan fingerprint density at radius 3 is 2.17 bits per heavy atom. The van der Waals surface area contributed by atoms with E-state index in [0.29, 0.717) is 5.69 Å². The van der Waals surface area contributed by atoms with E-state index < -0.39 is 11.9 Å². The van der Waals surface area contributed by atoms with Gasteiger partial charge in [0.05, 0.1) is 5.71 Å². The average Bonchev–Trinajstić information content (AvgIpc) is 2.86. The maximum absolute atomic E-state index is 12.8. The first-order valence-electron chi connectivity index (χ1n) is 7.21. The fourth-order valence-electron chi connectivity index (χ4n) is 2.79. The van der Waals surface area contributed by atoms with E-state index >= 15 is 0 Å². The van der Waals surface area contributed by atoms with Crippen molar-refractivity contribution in [2.24, 2.45) is 5.16 Å². The molecule has 1 aliphatic rings. The van der Waals surface area contributed by atoms with Crippen LogP contribution in [0.2, 0.25) is 0 Å². The van der Waals surface area contributed by atoms with Crippen LogP contribution in [-0.2, 0) is 4.79 Å². The van der Waals surface area contributed by atoms with E-state index in [2.05, 4.69) is 5.16 Å². The monoisotopic (exact) mass is 308 g/mol. The van der Waals surface area contributed by atoms with Crippen molar-refractivity contribution in [2.75, 3.05) is 4.90 Å². The molecule has 2 N–H and O–H groups in total. The molecule has 2 aromatic rings. The van der Waals surface area contributed by atoms with Crippen molar-refractivity contribution in [1.29, 1.82) is 0 Å². The normalized spacial score (nSPS) is 18.7. The molecule has 5 nitrogen and oxygen atoms in total. The molecule has 23 heavy (non-hydrogen) atoms. The SMILES string of the molecule is C/C(=N\O)C1=C(O)C(c2ccccc2)N(c2ccccc2)C1=O. The number of para-hydroxylation sites is 1. The van der Waals surface area contributed by atoms with Gasteiger partial charge in [-0.3, -0.25) is 9.69 Å². The molecule has 1 aliphatic heterocycles. The average molecular weight is 308 g/mol. The Morgan fingerprint density at radius 1 is 1.04 bits per heavy atom. The minimum absolute atomic E-state index is 0.0326. The van der Waals surface area contributed by atoms with Crippen molar-refractivity contribution in [3.8, 4) is 0 Å². The summed E-state index contributed by atoms with van der Waals surface area (Å²) in [4.78, 5) is 14.3. The molecule has 116 valence electrons. The molecule has 2 aromatic carbocycles. The summed E-state index contributed by atoms with van der Waals surface area (Å²) in [5.74, 6) is -0.502. The number of benzene rings is 2. The molecule has 1 amide bonds. The highest BCUT2D eigenvalue weighted by Crippen LogP contribution is 2.40. The Bertz CT molecular complexity index is 782. The molecule has 1 heterocycles. The Balaban J connectivity index is 2.17. The predicted octanol–water partition coefficient (Wildman–Crippen LogP) is 3.44. The lowest BCUT2D eigenvalue weighted by molar-refractivity contribution is -0.114. The van der Waals surface area contributed by atoms with Gasteiger partial charge in [0.2, 0.25) is 0 Å². The Morgan fingerprint density at radius 2 is 1.61 bits per heavy atom. The number of rotatable bonds is 3. The van der Waals surface area contributed by atoms with Gasteiger partial charge in [-0.1, -0.05) is 53.7 Å². The highest BCUT2D eigenvalue weighted by Gasteiger charge is 2.42. The zero-order valence-electron chi connectivity index (χ0n) is 12.5. The van der Waals surface area contributed by atoms with Crippen LogP contribution in [0.1, 0.15) is 18.5 Å². The topological polar surface area (TPSA) is 73.1 Å². The molecule has 1 unspecified atom stereocenters. The first-order valence-corrected chi connectivity index (χ1v) is 7.21. The van der Waals surface area contributed by atoms with Gasteiger partial charge in [-0.05, 0) is 24.6 Å². The van der Waals surface area contributed by atoms with Crippen LogP contribution in [0.3, 0.4) is 0 Å². The number of oxime groups is 1. The summed E-state index contributed by atoms with van der Waals surface area (Å²) < 4.78 is 0. The summed E-state index contributed by atoms with van der Waals surface area (Å²) in [6.07, 6.45) is 0. The van der Waals surface area contributed by atoms with Crippen molar-refractivity contribution in [3.05, 3.63) is 77.6 Å². The fourth-order valence-corrected chi connectivity index (χ4v) is 2.79. The number of nitrogens with zero attached hydrogens (tertiary/aromatic N) is 2. The second-order valence-corrected chi connectivity index (χ2v) is 5.27. The van der Waals surface area contributed by atoms with E-state index in [1.165, 1.54) is 11.8 Å². The second kappa shape index (κ2) is 5.96. The summed E-state index contributed by atoms with van der Waals surface area (Å²) in [7, 11) is 0. The van der Waals surface area contributed by atoms with Gasteiger partial charge in [0.15, 0.2) is 0 Å². The van der Waals surface area contributed by atoms with Gasteiger partial charge in [0.1, 0.15) is 17.4 Å². The van der Waals surface area contributed by atoms with Gasteiger partial charge < -0.3 is 10.3 Å². The summed E-state index contributed by atoms with van der Waals surface area (Å²) in [5, 5.41) is 22.7. The molecule has 0 saturated heterocycles. The third-order valence-electron chi connectivity index (χ3n) is 3.87. The van der Waals surface area contributed by atoms with Crippen LogP contribution in [0, 0.1) is 0 Å². The lowest BCUT2D eigenvalue weighted by Crippen LogP contribution is -2.31. The third-order valence-corrected chi connectivity index (χ3v) is 3.87. The van der Waals surface area contributed by atoms with Gasteiger partial charge in [0, 0.05) is 5.69 Å². The van der Waals surface area contributed by atoms with Gasteiger partial charge in [-0.25, -0.2) is 0 Å². The highest BCUT2D eigenvalue weighted by atomic mass is 16.4. The molecule has 0 bridgehead atoms. The van der Waals surface area contributed by atoms with E-state index in [9.17, 15) is 9.90 Å². The molecule has 0 spiro atoms. The van der Waals surface area contributed by atoms with E-state index in [4.69, 9.17) is 5.21 Å². The number of carbonyl (C=O) groups excluding carboxylic acids is 1. The molecular formula is C18H16N2O3. The molecular weight excluding hydrogens is 292 g/mol. The summed E-state index contributed by atoms with van der Waals surface area (Å²) in [6, 6.07) is 17.7. The number of anilines is 1. The second-order valence-electron chi connectivity index (χ2n) is 5.27. The van der Waals surface area contributed by atoms with Crippen LogP contribution in [0.15, 0.2) is 77.2 Å². The van der Waals surface area contributed by atoms with Gasteiger partial charge in [-0.15, -0.1) is 0 Å². The largest absolute Gasteiger partial charge is 0.509 e. The standard InChI is InChI=1S/C18H16N2O3/c1-12(19-23)15-17(21)16(13-8-4-2-5-9-13)20(18(15)22)14-10-6-3-7-11-14/h2-11,16,21,23H,1H3/b19-12+. The molecule has 1 atom stereocenters. The van der Waals surface area contributed by atoms with E-state index in [1.807, 2.05) is 48.5 Å². The number of aliphatic hydroxyl groups excluding tert-OH is 1. The first-order chi connectivity index (χ1) is 11.1. The number of hydrogen-bond acceptors (Lipinski definition) is 4. The van der Waals surface area contributed by atoms with Crippen LogP contribution < -0.4 is 4.90 Å². The Labute approximate surface area is 133 Å². The smallest absolute Gasteiger partial charge is 0.264 e. The van der Waals surface area contributed by atoms with Gasteiger partial charge in [-0.2, -0.15) is 0 Å². The van der Waals surface area contributed by atoms with Crippen LogP contribution in [0.5, 0.6) is 0 Å². The number of amides is 1. The lowest BCUT2D eigenvalue weighted by Gasteiger charge is -2.25. The van der Waals surface area contributed by atoms with Crippen LogP contribution >= 0.6 is 0 Å². The van der Waals surface area contributed by atoms with E-state index in [1.54, 1.807) is 12.1 Å². The maximum atomic E-state index is 12.8. The molecule has 0 fully saturated rings. The van der Waals surface area contributed by atoms with Crippen molar-refractivity contribution in [2.45, 2.75) is 13.0 Å². The number of carbonyl (C=O) groups is 1. The molecule has 5 heteroatoms. The van der Waals surface area contributed by atoms with Crippen molar-refractivity contribution < 1.29 is 15.1 Å². The minimum Gasteiger partial charge on any atom is -0.509 e. The zero-order valence-corrected chi connectivity index (χ0v) is 12.5. The third kappa shape index (κ3) is 2.46. The van der Waals surface area contributed by atoms with Crippen LogP contribution in [0.4, 0.5) is 5.69 Å². The van der Waals surface area contributed by atoms with E-state index in [-0.39, 0.29) is 17.0 Å². The number of aliphatic hydroxyl groups is 1. The Kier molecular flexibility index (Phi) is 3.85. The van der Waals surface area contributed by atoms with Crippen molar-refractivity contribution in [3.63, 3.8) is 0 Å². The first kappa shape index (κ1) is 14.8. The molecule has 0 saturated carbocycles. The summed E-state index contributed by atoms with van der Waals surface area (Å²) in [5.41, 5.74) is 1.57. The van der Waals surface area contributed by atoms with Crippen molar-refractivity contribution >= 4 is 17.3 Å². The van der Waals surface area contributed by atoms with Crippen molar-refractivity contribution in [1.82, 2.24) is 0 Å². The Hall–Kier alpha value is -3.08. The molecule has 3 rings (SSSR count). The quantitative estimate of drug-likeness (QED) is 0.518. The molecule has 0 radical (unpaired) electrons. The molecule has 0 aliphatic carbocycles. The maximum Gasteiger partial charge on any atom is 0.264 e. The minimum atomic E-state index is -0.641. The fraction of sp³-hybridized carbons (Fsp3) is 0.111. The highest BCUT2D eigenvalue weighted by molar-refractivity contribution is 6.28. The lowest BCUT2D eigenvalue weighted by atomic mass is 10.0. The van der Waals surface area contributed by atoms with E-state index in [0.717, 1.165) is 5.56 Å². The van der Waals surface area contributed by atoms with Crippen LogP contribution in [-0.4, -0.2) is 21.9 Å². The molecule has 0 aromatic heterocycles. The van der Waals surface area contributed by atoms with Crippen LogP contribution in [0.25, 0.3) is 0 Å². The van der Waals surface area contributed by atoms with Gasteiger partial charge >= 0.3 is 0 Å². The predicted molar refractivity (Wildman–Crippen MR) is 87.7 cm³/mol. The number of hydrogen-bond donors (Lipinski definition) is 2. The zero-order chi connectivity index (χ0) is 16.4. The summed E-state index contributed by atoms with van der Waals surface area (Å²) >= 11 is 0. The van der Waals surface area contributed by atoms with Gasteiger partial charge in [0.25, 0.3) is 5.91 Å². The summed E-state index contributed by atoms with van der Waals surface area (Å²) in [6.45, 7) is 1.49.